The summed E-state index contributed by atoms with van der Waals surface area (Å²) >= 11 is 0. The van der Waals surface area contributed by atoms with E-state index in [1.807, 2.05) is 18.2 Å². The molecule has 22 heavy (non-hydrogen) atoms. The summed E-state index contributed by atoms with van der Waals surface area (Å²) < 4.78 is 11.2. The van der Waals surface area contributed by atoms with E-state index in [0.29, 0.717) is 31.5 Å². The first-order chi connectivity index (χ1) is 10.7. The van der Waals surface area contributed by atoms with E-state index >= 15 is 0 Å². The second-order valence-corrected chi connectivity index (χ2v) is 5.78. The van der Waals surface area contributed by atoms with Crippen LogP contribution in [0.15, 0.2) is 18.2 Å². The van der Waals surface area contributed by atoms with E-state index < -0.39 is 0 Å². The number of anilines is 1. The van der Waals surface area contributed by atoms with Crippen LogP contribution >= 0.6 is 0 Å². The smallest absolute Gasteiger partial charge is 0.238 e. The summed E-state index contributed by atoms with van der Waals surface area (Å²) in [6, 6.07) is 5.92. The second-order valence-electron chi connectivity index (χ2n) is 5.78. The number of amides is 1. The topological polar surface area (TPSA) is 62.8 Å². The van der Waals surface area contributed by atoms with Crippen LogP contribution in [-0.2, 0) is 4.79 Å². The van der Waals surface area contributed by atoms with Crippen molar-refractivity contribution in [3.8, 4) is 11.5 Å². The van der Waals surface area contributed by atoms with Gasteiger partial charge in [0.25, 0.3) is 0 Å². The first kappa shape index (κ1) is 15.1. The van der Waals surface area contributed by atoms with E-state index in [2.05, 4.69) is 22.5 Å². The summed E-state index contributed by atoms with van der Waals surface area (Å²) in [5.74, 6) is 1.44. The number of carbonyl (C=O) groups excluding carboxylic acids is 1. The molecule has 1 saturated heterocycles. The predicted octanol–water partition coefficient (Wildman–Crippen LogP) is 1.08. The van der Waals surface area contributed by atoms with Gasteiger partial charge in [-0.1, -0.05) is 0 Å². The Bertz CT molecular complexity index is 535. The number of hydrogen-bond donors (Lipinski definition) is 2. The minimum absolute atomic E-state index is 0.00300. The lowest BCUT2D eigenvalue weighted by atomic mass is 10.2. The largest absolute Gasteiger partial charge is 0.490 e. The third-order valence-electron chi connectivity index (χ3n) is 4.02. The van der Waals surface area contributed by atoms with Gasteiger partial charge in [0, 0.05) is 43.9 Å². The molecule has 3 rings (SSSR count). The summed E-state index contributed by atoms with van der Waals surface area (Å²) in [5.41, 5.74) is 0.747. The van der Waals surface area contributed by atoms with Crippen molar-refractivity contribution in [2.45, 2.75) is 19.4 Å². The number of fused-ring (bicyclic) bond motifs is 1. The summed E-state index contributed by atoms with van der Waals surface area (Å²) in [4.78, 5) is 14.4. The Labute approximate surface area is 130 Å². The van der Waals surface area contributed by atoms with Gasteiger partial charge >= 0.3 is 0 Å². The molecule has 0 radical (unpaired) electrons. The molecule has 1 aromatic carbocycles. The van der Waals surface area contributed by atoms with Crippen LogP contribution in [0.4, 0.5) is 5.69 Å². The molecule has 6 nitrogen and oxygen atoms in total. The number of nitrogens with one attached hydrogen (secondary N) is 2. The molecule has 1 fully saturated rings. The van der Waals surface area contributed by atoms with Gasteiger partial charge in [0.1, 0.15) is 0 Å². The van der Waals surface area contributed by atoms with Crippen molar-refractivity contribution < 1.29 is 14.3 Å². The zero-order valence-corrected chi connectivity index (χ0v) is 12.9. The molecule has 1 atom stereocenters. The SMILES string of the molecule is C[C@@H]1CNCCN1CC(=O)Nc1ccc2c(c1)OCCCO2. The molecule has 6 heteroatoms. The molecular formula is C16H23N3O3. The lowest BCUT2D eigenvalue weighted by molar-refractivity contribution is -0.118. The Morgan fingerprint density at radius 2 is 2.18 bits per heavy atom. The molecule has 0 aromatic heterocycles. The predicted molar refractivity (Wildman–Crippen MR) is 84.6 cm³/mol. The quantitative estimate of drug-likeness (QED) is 0.875. The zero-order chi connectivity index (χ0) is 15.4. The molecule has 0 aliphatic carbocycles. The summed E-state index contributed by atoms with van der Waals surface area (Å²) in [5, 5.41) is 6.27. The summed E-state index contributed by atoms with van der Waals surface area (Å²) in [6.45, 7) is 6.61. The van der Waals surface area contributed by atoms with Crippen molar-refractivity contribution >= 4 is 11.6 Å². The van der Waals surface area contributed by atoms with Gasteiger partial charge in [-0.05, 0) is 19.1 Å². The molecular weight excluding hydrogens is 282 g/mol. The lowest BCUT2D eigenvalue weighted by Gasteiger charge is -2.33. The summed E-state index contributed by atoms with van der Waals surface area (Å²) in [6.07, 6.45) is 0.872. The van der Waals surface area contributed by atoms with Crippen LogP contribution in [-0.4, -0.2) is 56.2 Å². The maximum absolute atomic E-state index is 12.2. The van der Waals surface area contributed by atoms with Crippen LogP contribution in [0.2, 0.25) is 0 Å². The van der Waals surface area contributed by atoms with Gasteiger partial charge in [-0.25, -0.2) is 0 Å². The van der Waals surface area contributed by atoms with E-state index in [-0.39, 0.29) is 5.91 Å². The minimum Gasteiger partial charge on any atom is -0.490 e. The molecule has 120 valence electrons. The van der Waals surface area contributed by atoms with Crippen LogP contribution in [0.25, 0.3) is 0 Å². The average molecular weight is 305 g/mol. The maximum Gasteiger partial charge on any atom is 0.238 e. The monoisotopic (exact) mass is 305 g/mol. The van der Waals surface area contributed by atoms with Crippen LogP contribution < -0.4 is 20.1 Å². The van der Waals surface area contributed by atoms with Crippen molar-refractivity contribution in [3.05, 3.63) is 18.2 Å². The fraction of sp³-hybridized carbons (Fsp3) is 0.562. The van der Waals surface area contributed by atoms with Crippen molar-refractivity contribution in [1.82, 2.24) is 10.2 Å². The maximum atomic E-state index is 12.2. The van der Waals surface area contributed by atoms with Crippen molar-refractivity contribution in [2.75, 3.05) is 44.7 Å². The normalized spacial score (nSPS) is 22.0. The second kappa shape index (κ2) is 6.98. The number of nitrogens with zero attached hydrogens (tertiary/aromatic N) is 1. The number of carbonyl (C=O) groups is 1. The number of benzene rings is 1. The van der Waals surface area contributed by atoms with E-state index in [9.17, 15) is 4.79 Å². The Hall–Kier alpha value is -1.79. The number of piperazine rings is 1. The van der Waals surface area contributed by atoms with Crippen molar-refractivity contribution in [2.24, 2.45) is 0 Å². The third-order valence-corrected chi connectivity index (χ3v) is 4.02. The number of rotatable bonds is 3. The highest BCUT2D eigenvalue weighted by Gasteiger charge is 2.20. The molecule has 2 aliphatic rings. The minimum atomic E-state index is 0.00300. The van der Waals surface area contributed by atoms with Crippen molar-refractivity contribution in [1.29, 1.82) is 0 Å². The van der Waals surface area contributed by atoms with E-state index in [0.717, 1.165) is 37.5 Å². The summed E-state index contributed by atoms with van der Waals surface area (Å²) in [7, 11) is 0. The molecule has 2 aliphatic heterocycles. The standard InChI is InChI=1S/C16H23N3O3/c1-12-10-17-5-6-19(12)11-16(20)18-13-3-4-14-15(9-13)22-8-2-7-21-14/h3-4,9,12,17H,2,5-8,10-11H2,1H3,(H,18,20)/t12-/m1/s1. The highest BCUT2D eigenvalue weighted by atomic mass is 16.5. The van der Waals surface area contributed by atoms with Crippen LogP contribution in [0.3, 0.4) is 0 Å². The first-order valence-electron chi connectivity index (χ1n) is 7.86. The molecule has 2 N–H and O–H groups in total. The van der Waals surface area contributed by atoms with Crippen molar-refractivity contribution in [3.63, 3.8) is 0 Å². The Morgan fingerprint density at radius 1 is 1.36 bits per heavy atom. The van der Waals surface area contributed by atoms with Crippen LogP contribution in [0.1, 0.15) is 13.3 Å². The fourth-order valence-corrected chi connectivity index (χ4v) is 2.74. The van der Waals surface area contributed by atoms with Gasteiger partial charge in [0.05, 0.1) is 19.8 Å². The molecule has 0 spiro atoms. The molecule has 2 heterocycles. The fourth-order valence-electron chi connectivity index (χ4n) is 2.74. The van der Waals surface area contributed by atoms with E-state index in [1.165, 1.54) is 0 Å². The molecule has 0 saturated carbocycles. The Kier molecular flexibility index (Phi) is 4.80. The van der Waals surface area contributed by atoms with Gasteiger partial charge < -0.3 is 20.1 Å². The molecule has 1 aromatic rings. The first-order valence-corrected chi connectivity index (χ1v) is 7.86. The highest BCUT2D eigenvalue weighted by Crippen LogP contribution is 2.32. The number of ether oxygens (including phenoxy) is 2. The molecule has 0 unspecified atom stereocenters. The third kappa shape index (κ3) is 3.69. The van der Waals surface area contributed by atoms with Gasteiger partial charge in [0.15, 0.2) is 11.5 Å². The van der Waals surface area contributed by atoms with Gasteiger partial charge in [-0.3, -0.25) is 9.69 Å². The Morgan fingerprint density at radius 3 is 3.00 bits per heavy atom. The van der Waals surface area contributed by atoms with Gasteiger partial charge in [-0.15, -0.1) is 0 Å². The lowest BCUT2D eigenvalue weighted by Crippen LogP contribution is -2.51. The zero-order valence-electron chi connectivity index (χ0n) is 12.9. The Balaban J connectivity index is 1.60. The van der Waals surface area contributed by atoms with Crippen LogP contribution in [0.5, 0.6) is 11.5 Å². The highest BCUT2D eigenvalue weighted by molar-refractivity contribution is 5.92. The molecule has 0 bridgehead atoms. The van der Waals surface area contributed by atoms with Gasteiger partial charge in [0.2, 0.25) is 5.91 Å². The molecule has 1 amide bonds. The van der Waals surface area contributed by atoms with E-state index in [4.69, 9.17) is 9.47 Å². The van der Waals surface area contributed by atoms with E-state index in [1.54, 1.807) is 0 Å². The average Bonchev–Trinajstić information content (AvgIpc) is 2.74. The van der Waals surface area contributed by atoms with Crippen LogP contribution in [0, 0.1) is 0 Å². The number of hydrogen-bond acceptors (Lipinski definition) is 5. The van der Waals surface area contributed by atoms with Gasteiger partial charge in [-0.2, -0.15) is 0 Å².